The van der Waals surface area contributed by atoms with Gasteiger partial charge in [-0.1, -0.05) is 47.9 Å². The van der Waals surface area contributed by atoms with Crippen LogP contribution in [0.25, 0.3) is 72.4 Å². The van der Waals surface area contributed by atoms with Crippen LogP contribution in [-0.2, 0) is 28.1 Å². The smallest absolute Gasteiger partial charge is 0.367 e. The number of hydrogen-bond acceptors (Lipinski definition) is 3. The Labute approximate surface area is 257 Å². The summed E-state index contributed by atoms with van der Waals surface area (Å²) < 4.78 is 4.38. The molecule has 0 atom stereocenters. The van der Waals surface area contributed by atoms with Gasteiger partial charge in [0, 0.05) is 30.5 Å². The van der Waals surface area contributed by atoms with Crippen LogP contribution in [0, 0.1) is 12.1 Å². The summed E-state index contributed by atoms with van der Waals surface area (Å²) in [5.41, 5.74) is 9.80. The molecule has 0 amide bonds. The fourth-order valence-electron chi connectivity index (χ4n) is 5.66. The number of aromatic nitrogens is 5. The quantitative estimate of drug-likeness (QED) is 0.173. The van der Waals surface area contributed by atoms with Crippen molar-refractivity contribution in [2.24, 2.45) is 7.05 Å². The molecule has 0 spiro atoms. The zero-order valence-electron chi connectivity index (χ0n) is 22.6. The van der Waals surface area contributed by atoms with Crippen LogP contribution in [0.5, 0.6) is 0 Å². The molecular formula is C36H23N5Pt. The molecule has 0 N–H and O–H groups in total. The van der Waals surface area contributed by atoms with Crippen LogP contribution in [0.3, 0.4) is 0 Å². The normalized spacial score (nSPS) is 11.3. The fraction of sp³-hybridized carbons (Fsp3) is 0.0278. The van der Waals surface area contributed by atoms with Crippen LogP contribution in [0.2, 0.25) is 0 Å². The third-order valence-electron chi connectivity index (χ3n) is 7.63. The van der Waals surface area contributed by atoms with Crippen molar-refractivity contribution in [3.8, 4) is 39.6 Å². The first-order chi connectivity index (χ1) is 20.2. The maximum absolute atomic E-state index is 5.02. The van der Waals surface area contributed by atoms with E-state index >= 15 is 0 Å². The van der Waals surface area contributed by atoms with E-state index in [9.17, 15) is 0 Å². The molecule has 6 heteroatoms. The van der Waals surface area contributed by atoms with Gasteiger partial charge in [0.1, 0.15) is 0 Å². The summed E-state index contributed by atoms with van der Waals surface area (Å²) in [7, 11) is 2.06. The largest absolute Gasteiger partial charge is 2.00 e. The Kier molecular flexibility index (Phi) is 6.53. The van der Waals surface area contributed by atoms with E-state index in [0.29, 0.717) is 0 Å². The summed E-state index contributed by atoms with van der Waals surface area (Å²) in [5.74, 6) is 0.864. The van der Waals surface area contributed by atoms with Gasteiger partial charge in [-0.25, -0.2) is 0 Å². The summed E-state index contributed by atoms with van der Waals surface area (Å²) in [4.78, 5) is 14.1. The van der Waals surface area contributed by atoms with E-state index in [-0.39, 0.29) is 21.1 Å². The number of aryl methyl sites for hydroxylation is 1. The Balaban J connectivity index is 0.00000288. The molecule has 42 heavy (non-hydrogen) atoms. The maximum atomic E-state index is 5.02. The molecule has 202 valence electrons. The Morgan fingerprint density at radius 3 is 2.21 bits per heavy atom. The van der Waals surface area contributed by atoms with Crippen molar-refractivity contribution in [1.29, 1.82) is 0 Å². The molecule has 0 saturated carbocycles. The van der Waals surface area contributed by atoms with Crippen LogP contribution < -0.4 is 0 Å². The monoisotopic (exact) mass is 720 g/mol. The van der Waals surface area contributed by atoms with Crippen molar-refractivity contribution < 1.29 is 21.1 Å². The molecule has 4 aromatic carbocycles. The van der Waals surface area contributed by atoms with Gasteiger partial charge in [-0.3, -0.25) is 9.97 Å². The summed E-state index contributed by atoms with van der Waals surface area (Å²) in [5, 5.41) is 2.31. The van der Waals surface area contributed by atoms with Crippen LogP contribution in [0.4, 0.5) is 0 Å². The number of fused-ring (bicyclic) bond motifs is 4. The van der Waals surface area contributed by atoms with Crippen molar-refractivity contribution in [3.05, 3.63) is 134 Å². The molecule has 4 aromatic heterocycles. The van der Waals surface area contributed by atoms with Gasteiger partial charge in [0.15, 0.2) is 0 Å². The van der Waals surface area contributed by atoms with E-state index in [4.69, 9.17) is 4.98 Å². The molecule has 8 aromatic rings. The second kappa shape index (κ2) is 10.5. The van der Waals surface area contributed by atoms with Crippen molar-refractivity contribution in [2.45, 2.75) is 0 Å². The van der Waals surface area contributed by atoms with Gasteiger partial charge in [-0.05, 0) is 58.7 Å². The summed E-state index contributed by atoms with van der Waals surface area (Å²) >= 11 is 0. The SMILES string of the molecule is Cn1c(-c2[c-]c3c(cc2)c2ccccc2n3-c2[c-]c(-c3ccccn3)ccc2)nc2ccc(-c3ccccn3)cc21.[Pt+2]. The number of rotatable bonds is 4. The number of benzene rings is 4. The predicted octanol–water partition coefficient (Wildman–Crippen LogP) is 8.06. The third-order valence-corrected chi connectivity index (χ3v) is 7.63. The van der Waals surface area contributed by atoms with Gasteiger partial charge in [-0.15, -0.1) is 53.6 Å². The Morgan fingerprint density at radius 1 is 0.619 bits per heavy atom. The summed E-state index contributed by atoms with van der Waals surface area (Å²) in [6, 6.07) is 44.5. The van der Waals surface area contributed by atoms with Gasteiger partial charge in [0.05, 0.1) is 22.6 Å². The average Bonchev–Trinajstić information content (AvgIpc) is 3.55. The van der Waals surface area contributed by atoms with Crippen LogP contribution in [0.15, 0.2) is 122 Å². The second-order valence-corrected chi connectivity index (χ2v) is 10.1. The number of pyridine rings is 2. The molecule has 0 aliphatic carbocycles. The van der Waals surface area contributed by atoms with Crippen molar-refractivity contribution in [1.82, 2.24) is 24.1 Å². The van der Waals surface area contributed by atoms with Crippen LogP contribution >= 0.6 is 0 Å². The molecule has 0 radical (unpaired) electrons. The molecule has 8 rings (SSSR count). The molecule has 0 unspecified atom stereocenters. The van der Waals surface area contributed by atoms with Crippen molar-refractivity contribution >= 4 is 32.8 Å². The van der Waals surface area contributed by atoms with Gasteiger partial charge in [-0.2, -0.15) is 0 Å². The first kappa shape index (κ1) is 26.1. The maximum Gasteiger partial charge on any atom is 2.00 e. The first-order valence-electron chi connectivity index (χ1n) is 13.5. The standard InChI is InChI=1S/C36H23N5.Pt/c1-40-35-22-25(31-13-5-7-20-38-31)16-18-32(35)39-36(40)26-15-17-29-28-11-2-3-14-33(28)41(34(29)23-26)27-10-8-9-24(21-27)30-12-4-6-19-37-30;/h2-20,22H,1H3;/q-2;+2. The molecule has 0 fully saturated rings. The van der Waals surface area contributed by atoms with Crippen LogP contribution in [-0.4, -0.2) is 24.1 Å². The van der Waals surface area contributed by atoms with Crippen LogP contribution in [0.1, 0.15) is 0 Å². The minimum atomic E-state index is 0. The number of imidazole rings is 1. The zero-order valence-corrected chi connectivity index (χ0v) is 24.9. The minimum absolute atomic E-state index is 0. The molecular weight excluding hydrogens is 698 g/mol. The third kappa shape index (κ3) is 4.25. The zero-order chi connectivity index (χ0) is 27.3. The fourth-order valence-corrected chi connectivity index (χ4v) is 5.66. The summed E-state index contributed by atoms with van der Waals surface area (Å²) in [6.07, 6.45) is 3.63. The molecule has 0 saturated heterocycles. The van der Waals surface area contributed by atoms with E-state index in [1.807, 2.05) is 54.9 Å². The molecule has 4 heterocycles. The van der Waals surface area contributed by atoms with E-state index < -0.39 is 0 Å². The Morgan fingerprint density at radius 2 is 1.40 bits per heavy atom. The Hall–Kier alpha value is -4.86. The average molecular weight is 721 g/mol. The number of para-hydroxylation sites is 1. The minimum Gasteiger partial charge on any atom is -0.367 e. The van der Waals surface area contributed by atoms with Gasteiger partial charge in [0.2, 0.25) is 0 Å². The number of nitrogens with zero attached hydrogens (tertiary/aromatic N) is 5. The van der Waals surface area contributed by atoms with Gasteiger partial charge >= 0.3 is 21.1 Å². The number of hydrogen-bond donors (Lipinski definition) is 0. The topological polar surface area (TPSA) is 48.5 Å². The predicted molar refractivity (Wildman–Crippen MR) is 165 cm³/mol. The van der Waals surface area contributed by atoms with E-state index in [1.165, 1.54) is 5.39 Å². The van der Waals surface area contributed by atoms with E-state index in [2.05, 4.69) is 105 Å². The molecule has 0 aliphatic heterocycles. The molecule has 0 aliphatic rings. The summed E-state index contributed by atoms with van der Waals surface area (Å²) in [6.45, 7) is 0. The molecule has 5 nitrogen and oxygen atoms in total. The van der Waals surface area contributed by atoms with Crippen molar-refractivity contribution in [2.75, 3.05) is 0 Å². The van der Waals surface area contributed by atoms with Gasteiger partial charge < -0.3 is 14.1 Å². The van der Waals surface area contributed by atoms with Gasteiger partial charge in [0.25, 0.3) is 0 Å². The van der Waals surface area contributed by atoms with E-state index in [1.54, 1.807) is 0 Å². The second-order valence-electron chi connectivity index (χ2n) is 10.1. The Bertz CT molecular complexity index is 2220. The van der Waals surface area contributed by atoms with Crippen molar-refractivity contribution in [3.63, 3.8) is 0 Å². The first-order valence-corrected chi connectivity index (χ1v) is 13.5. The van der Waals surface area contributed by atoms with E-state index in [0.717, 1.165) is 67.0 Å². The molecule has 0 bridgehead atoms.